The van der Waals surface area contributed by atoms with E-state index in [9.17, 15) is 38.0 Å². The van der Waals surface area contributed by atoms with Crippen molar-refractivity contribution < 1.29 is 37.5 Å². The number of nitro benzene ring substituents is 1. The highest BCUT2D eigenvalue weighted by atomic mass is 19.4. The summed E-state index contributed by atoms with van der Waals surface area (Å²) >= 11 is 0. The normalized spacial score (nSPS) is 16.7. The summed E-state index contributed by atoms with van der Waals surface area (Å²) in [6.45, 7) is -0.0499. The third kappa shape index (κ3) is 4.28. The zero-order valence-electron chi connectivity index (χ0n) is 14.5. The predicted octanol–water partition coefficient (Wildman–Crippen LogP) is 2.51. The molecule has 152 valence electrons. The van der Waals surface area contributed by atoms with Crippen molar-refractivity contribution in [2.75, 3.05) is 11.4 Å². The third-order valence-corrected chi connectivity index (χ3v) is 4.32. The summed E-state index contributed by atoms with van der Waals surface area (Å²) in [5.41, 5.74) is -1.65. The summed E-state index contributed by atoms with van der Waals surface area (Å²) < 4.78 is 43.6. The van der Waals surface area contributed by atoms with Crippen LogP contribution in [0, 0.1) is 16.0 Å². The number of rotatable bonds is 5. The highest BCUT2D eigenvalue weighted by Gasteiger charge is 2.34. The van der Waals surface area contributed by atoms with E-state index in [-0.39, 0.29) is 24.5 Å². The minimum absolute atomic E-state index is 0.0499. The van der Waals surface area contributed by atoms with Crippen LogP contribution in [0.25, 0.3) is 0 Å². The Kier molecular flexibility index (Phi) is 5.14. The maximum absolute atomic E-state index is 12.8. The molecule has 0 unspecified atom stereocenters. The van der Waals surface area contributed by atoms with Gasteiger partial charge in [-0.1, -0.05) is 0 Å². The van der Waals surface area contributed by atoms with Gasteiger partial charge in [-0.3, -0.25) is 14.9 Å². The van der Waals surface area contributed by atoms with Gasteiger partial charge >= 0.3 is 11.9 Å². The van der Waals surface area contributed by atoms with Gasteiger partial charge in [-0.05, 0) is 36.4 Å². The van der Waals surface area contributed by atoms with E-state index >= 15 is 0 Å². The predicted molar refractivity (Wildman–Crippen MR) is 90.1 cm³/mol. The zero-order chi connectivity index (χ0) is 21.3. The summed E-state index contributed by atoms with van der Waals surface area (Å²) in [4.78, 5) is 34.2. The maximum Gasteiger partial charge on any atom is 0.416 e. The number of halogens is 3. The Balaban J connectivity index is 1.81. The number of hydrogen-bond acceptors (Lipinski definition) is 6. The molecule has 1 aliphatic heterocycles. The number of anilines is 1. The first-order valence-corrected chi connectivity index (χ1v) is 8.21. The Morgan fingerprint density at radius 2 is 1.83 bits per heavy atom. The van der Waals surface area contributed by atoms with Crippen LogP contribution in [0.4, 0.5) is 24.5 Å². The Morgan fingerprint density at radius 1 is 1.17 bits per heavy atom. The Hall–Kier alpha value is -3.63. The second kappa shape index (κ2) is 7.41. The van der Waals surface area contributed by atoms with Crippen LogP contribution >= 0.6 is 0 Å². The molecule has 1 saturated heterocycles. The zero-order valence-corrected chi connectivity index (χ0v) is 14.5. The van der Waals surface area contributed by atoms with Crippen LogP contribution in [-0.2, 0) is 15.8 Å². The number of nitrogens with zero attached hydrogens (tertiary/aromatic N) is 2. The van der Waals surface area contributed by atoms with Gasteiger partial charge in [0.25, 0.3) is 0 Å². The molecule has 2 aromatic carbocycles. The Labute approximate surface area is 161 Å². The second-order valence-corrected chi connectivity index (χ2v) is 6.26. The average molecular weight is 409 g/mol. The van der Waals surface area contributed by atoms with Crippen LogP contribution in [0.5, 0.6) is 11.5 Å². The Morgan fingerprint density at radius 3 is 2.34 bits per heavy atom. The lowest BCUT2D eigenvalue weighted by atomic mass is 10.1. The molecule has 1 amide bonds. The molecule has 3 rings (SSSR count). The smallest absolute Gasteiger partial charge is 0.416 e. The molecule has 1 atom stereocenters. The number of carbonyl (C=O) groups excluding carboxylic acids is 2. The van der Waals surface area contributed by atoms with E-state index < -0.39 is 40.1 Å². The van der Waals surface area contributed by atoms with E-state index in [4.69, 9.17) is 4.74 Å². The molecule has 0 N–H and O–H groups in total. The first-order valence-electron chi connectivity index (χ1n) is 8.21. The Bertz CT molecular complexity index is 975. The van der Waals surface area contributed by atoms with Crippen molar-refractivity contribution in [2.45, 2.75) is 12.6 Å². The van der Waals surface area contributed by atoms with Crippen molar-refractivity contribution in [1.29, 1.82) is 0 Å². The fraction of sp³-hybridized carbons (Fsp3) is 0.222. The molecule has 0 spiro atoms. The summed E-state index contributed by atoms with van der Waals surface area (Å²) in [7, 11) is 0. The van der Waals surface area contributed by atoms with Gasteiger partial charge in [0.2, 0.25) is 11.7 Å². The van der Waals surface area contributed by atoms with Gasteiger partial charge in [-0.25, -0.2) is 0 Å². The van der Waals surface area contributed by atoms with Crippen LogP contribution in [0.15, 0.2) is 42.5 Å². The van der Waals surface area contributed by atoms with Crippen LogP contribution in [0.3, 0.4) is 0 Å². The van der Waals surface area contributed by atoms with Gasteiger partial charge in [-0.15, -0.1) is 0 Å². The minimum Gasteiger partial charge on any atom is -0.550 e. The average Bonchev–Trinajstić information content (AvgIpc) is 3.03. The molecule has 1 heterocycles. The number of carboxylic acids is 1. The second-order valence-electron chi connectivity index (χ2n) is 6.26. The number of benzene rings is 2. The monoisotopic (exact) mass is 409 g/mol. The van der Waals surface area contributed by atoms with Crippen LogP contribution in [-0.4, -0.2) is 23.3 Å². The fourth-order valence-corrected chi connectivity index (χ4v) is 2.86. The van der Waals surface area contributed by atoms with E-state index in [2.05, 4.69) is 0 Å². The van der Waals surface area contributed by atoms with Crippen molar-refractivity contribution in [3.8, 4) is 11.5 Å². The molecule has 0 saturated carbocycles. The standard InChI is InChI=1S/C18H13F3N2O6/c19-18(20,21)11-1-6-15(14(8-11)23(27)28)29-13-4-2-12(3-5-13)22-9-10(17(25)26)7-16(22)24/h1-6,8,10H,7,9H2,(H,25,26)/p-1/t10-/m1/s1. The lowest BCUT2D eigenvalue weighted by Crippen LogP contribution is -2.33. The summed E-state index contributed by atoms with van der Waals surface area (Å²) in [5.74, 6) is -2.94. The van der Waals surface area contributed by atoms with Crippen LogP contribution in [0.2, 0.25) is 0 Å². The number of carboxylic acid groups (broad SMARTS) is 1. The number of hydrogen-bond donors (Lipinski definition) is 0. The molecule has 0 bridgehead atoms. The molecular formula is C18H12F3N2O6-. The van der Waals surface area contributed by atoms with Crippen molar-refractivity contribution in [1.82, 2.24) is 0 Å². The van der Waals surface area contributed by atoms with Gasteiger partial charge in [0.1, 0.15) is 5.75 Å². The number of carbonyl (C=O) groups is 2. The molecular weight excluding hydrogens is 397 g/mol. The molecule has 1 aliphatic rings. The highest BCUT2D eigenvalue weighted by Crippen LogP contribution is 2.38. The number of aliphatic carboxylic acids is 1. The minimum atomic E-state index is -4.74. The summed E-state index contributed by atoms with van der Waals surface area (Å²) in [6.07, 6.45) is -4.92. The first-order chi connectivity index (χ1) is 13.6. The quantitative estimate of drug-likeness (QED) is 0.554. The number of nitro groups is 1. The molecule has 8 nitrogen and oxygen atoms in total. The van der Waals surface area contributed by atoms with Gasteiger partial charge in [0.15, 0.2) is 0 Å². The summed E-state index contributed by atoms with van der Waals surface area (Å²) in [5, 5.41) is 22.0. The molecule has 2 aromatic rings. The lowest BCUT2D eigenvalue weighted by molar-refractivity contribution is -0.385. The van der Waals surface area contributed by atoms with Crippen molar-refractivity contribution in [3.05, 3.63) is 58.1 Å². The molecule has 1 fully saturated rings. The van der Waals surface area contributed by atoms with E-state index in [1.165, 1.54) is 29.2 Å². The van der Waals surface area contributed by atoms with Crippen LogP contribution < -0.4 is 14.7 Å². The third-order valence-electron chi connectivity index (χ3n) is 4.32. The van der Waals surface area contributed by atoms with Crippen molar-refractivity contribution in [2.24, 2.45) is 5.92 Å². The first kappa shape index (κ1) is 20.1. The van der Waals surface area contributed by atoms with Crippen LogP contribution in [0.1, 0.15) is 12.0 Å². The van der Waals surface area contributed by atoms with E-state index in [1.807, 2.05) is 0 Å². The molecule has 0 aromatic heterocycles. The van der Waals surface area contributed by atoms with Gasteiger partial charge in [0.05, 0.1) is 10.5 Å². The molecule has 29 heavy (non-hydrogen) atoms. The van der Waals surface area contributed by atoms with E-state index in [1.54, 1.807) is 0 Å². The van der Waals surface area contributed by atoms with Gasteiger partial charge < -0.3 is 19.5 Å². The highest BCUT2D eigenvalue weighted by molar-refractivity contribution is 5.99. The van der Waals surface area contributed by atoms with E-state index in [0.29, 0.717) is 17.8 Å². The molecule has 0 radical (unpaired) electrons. The molecule has 0 aliphatic carbocycles. The van der Waals surface area contributed by atoms with Gasteiger partial charge in [-0.2, -0.15) is 13.2 Å². The maximum atomic E-state index is 12.8. The van der Waals surface area contributed by atoms with E-state index in [0.717, 1.165) is 6.07 Å². The van der Waals surface area contributed by atoms with Crippen molar-refractivity contribution >= 4 is 23.3 Å². The molecule has 11 heteroatoms. The van der Waals surface area contributed by atoms with Gasteiger partial charge in [0, 0.05) is 36.6 Å². The SMILES string of the molecule is O=C([O-])[C@@H]1CC(=O)N(c2ccc(Oc3ccc(C(F)(F)F)cc3[N+](=O)[O-])cc2)C1. The largest absolute Gasteiger partial charge is 0.550 e. The lowest BCUT2D eigenvalue weighted by Gasteiger charge is -2.17. The van der Waals surface area contributed by atoms with Crippen molar-refractivity contribution in [3.63, 3.8) is 0 Å². The number of alkyl halides is 3. The topological polar surface area (TPSA) is 113 Å². The number of amides is 1. The number of ether oxygens (including phenoxy) is 1. The summed E-state index contributed by atoms with van der Waals surface area (Å²) in [6, 6.07) is 7.48. The fourth-order valence-electron chi connectivity index (χ4n) is 2.86.